The highest BCUT2D eigenvalue weighted by molar-refractivity contribution is 7.92. The van der Waals surface area contributed by atoms with Crippen LogP contribution in [-0.4, -0.2) is 60.0 Å². The highest BCUT2D eigenvalue weighted by Crippen LogP contribution is 2.44. The molecule has 222 valence electrons. The summed E-state index contributed by atoms with van der Waals surface area (Å²) in [4.78, 5) is 25.3. The summed E-state index contributed by atoms with van der Waals surface area (Å²) in [7, 11) is -4.10. The van der Waals surface area contributed by atoms with Gasteiger partial charge in [0.25, 0.3) is 15.9 Å². The first-order valence-electron chi connectivity index (χ1n) is 14.6. The zero-order valence-electron chi connectivity index (χ0n) is 24.9. The van der Waals surface area contributed by atoms with E-state index in [2.05, 4.69) is 40.8 Å². The van der Waals surface area contributed by atoms with Gasteiger partial charge in [0.2, 0.25) is 11.8 Å². The largest absolute Gasteiger partial charge is 0.475 e. The molecule has 1 atom stereocenters. The molecule has 2 fully saturated rings. The van der Waals surface area contributed by atoms with Gasteiger partial charge in [0.05, 0.1) is 16.6 Å². The third-order valence-electron chi connectivity index (χ3n) is 8.71. The molecule has 4 bridgehead atoms. The van der Waals surface area contributed by atoms with Gasteiger partial charge in [-0.1, -0.05) is 45.0 Å². The Kier molecular flexibility index (Phi) is 7.05. The molecule has 1 aliphatic carbocycles. The summed E-state index contributed by atoms with van der Waals surface area (Å²) in [5, 5.41) is 3.56. The van der Waals surface area contributed by atoms with Crippen LogP contribution >= 0.6 is 0 Å². The normalized spacial score (nSPS) is 25.2. The quantitative estimate of drug-likeness (QED) is 0.437. The van der Waals surface area contributed by atoms with E-state index in [1.54, 1.807) is 18.2 Å². The van der Waals surface area contributed by atoms with E-state index in [1.165, 1.54) is 12.1 Å². The van der Waals surface area contributed by atoms with Crippen molar-refractivity contribution in [3.8, 4) is 17.1 Å². The molecule has 3 heterocycles. The second-order valence-electron chi connectivity index (χ2n) is 13.3. The standard InChI is InChI=1S/C32H39N5O4S/c1-20-8-6-9-21(2)28(20)26-15-27-35-30(34-26)36-42(39,40)25-11-7-10-22(14-25)29(38)37(23-17-32(18-23)12-13-33-32)24(19-41-27)16-31(3,4)5/h6-11,14-15,23-24,33H,12-13,16-19H2,1-5H3,(H,34,35,36)/t23?,24-,32?/m1/s1. The maximum absolute atomic E-state index is 14.3. The second kappa shape index (κ2) is 10.3. The lowest BCUT2D eigenvalue weighted by Gasteiger charge is -2.58. The number of ether oxygens (including phenoxy) is 1. The molecule has 1 amide bonds. The number of rotatable bonds is 3. The Morgan fingerprint density at radius 3 is 2.38 bits per heavy atom. The number of carbonyl (C=O) groups is 1. The van der Waals surface area contributed by atoms with Crippen LogP contribution in [0.4, 0.5) is 5.95 Å². The molecule has 0 unspecified atom stereocenters. The van der Waals surface area contributed by atoms with E-state index in [0.29, 0.717) is 17.7 Å². The molecule has 3 aromatic rings. The fraction of sp³-hybridized carbons (Fsp3) is 0.469. The second-order valence-corrected chi connectivity index (χ2v) is 15.0. The van der Waals surface area contributed by atoms with Crippen molar-refractivity contribution in [2.75, 3.05) is 17.9 Å². The van der Waals surface area contributed by atoms with Gasteiger partial charge < -0.3 is 15.0 Å². The highest BCUT2D eigenvalue weighted by Gasteiger charge is 2.52. The van der Waals surface area contributed by atoms with E-state index in [1.807, 2.05) is 36.9 Å². The van der Waals surface area contributed by atoms with Crippen molar-refractivity contribution in [2.24, 2.45) is 5.41 Å². The van der Waals surface area contributed by atoms with Gasteiger partial charge in [-0.2, -0.15) is 4.98 Å². The lowest BCUT2D eigenvalue weighted by Crippen LogP contribution is -2.71. The smallest absolute Gasteiger partial charge is 0.264 e. The summed E-state index contributed by atoms with van der Waals surface area (Å²) < 4.78 is 36.0. The number of aromatic nitrogens is 2. The van der Waals surface area contributed by atoms with Gasteiger partial charge in [-0.3, -0.25) is 4.79 Å². The summed E-state index contributed by atoms with van der Waals surface area (Å²) in [5.74, 6) is -0.0111. The predicted molar refractivity (Wildman–Crippen MR) is 162 cm³/mol. The average molecular weight is 590 g/mol. The van der Waals surface area contributed by atoms with Crippen LogP contribution < -0.4 is 14.8 Å². The molecule has 0 radical (unpaired) electrons. The van der Waals surface area contributed by atoms with Crippen LogP contribution in [-0.2, 0) is 10.0 Å². The Balaban J connectivity index is 1.48. The predicted octanol–water partition coefficient (Wildman–Crippen LogP) is 5.10. The van der Waals surface area contributed by atoms with E-state index in [9.17, 15) is 13.2 Å². The van der Waals surface area contributed by atoms with Crippen molar-refractivity contribution in [3.05, 3.63) is 65.2 Å². The molecule has 2 N–H and O–H groups in total. The van der Waals surface area contributed by atoms with Crippen LogP contribution in [0.15, 0.2) is 53.4 Å². The number of nitrogens with zero attached hydrogens (tertiary/aromatic N) is 3. The van der Waals surface area contributed by atoms with E-state index in [0.717, 1.165) is 42.5 Å². The number of sulfonamides is 1. The van der Waals surface area contributed by atoms with Gasteiger partial charge in [-0.25, -0.2) is 18.1 Å². The van der Waals surface area contributed by atoms with Gasteiger partial charge in [-0.05, 0) is 80.8 Å². The first-order valence-corrected chi connectivity index (χ1v) is 16.1. The molecule has 1 saturated heterocycles. The zero-order valence-corrected chi connectivity index (χ0v) is 25.7. The van der Waals surface area contributed by atoms with E-state index < -0.39 is 10.0 Å². The van der Waals surface area contributed by atoms with E-state index >= 15 is 0 Å². The first kappa shape index (κ1) is 28.6. The van der Waals surface area contributed by atoms with Crippen LogP contribution in [0.1, 0.15) is 67.9 Å². The first-order chi connectivity index (χ1) is 19.8. The minimum atomic E-state index is -4.10. The Bertz CT molecular complexity index is 1620. The summed E-state index contributed by atoms with van der Waals surface area (Å²) >= 11 is 0. The third kappa shape index (κ3) is 5.49. The van der Waals surface area contributed by atoms with Crippen LogP contribution in [0.25, 0.3) is 11.3 Å². The van der Waals surface area contributed by atoms with Gasteiger partial charge in [0, 0.05) is 28.8 Å². The SMILES string of the molecule is Cc1cccc(C)c1-c1cc2nc(n1)NS(=O)(=O)c1cccc(c1)C(=O)N(C1CC3(CCN3)C1)[C@H](CC(C)(C)C)CO2. The number of fused-ring (bicyclic) bond motifs is 4. The molecular weight excluding hydrogens is 550 g/mol. The van der Waals surface area contributed by atoms with Crippen LogP contribution in [0.5, 0.6) is 5.88 Å². The Morgan fingerprint density at radius 2 is 1.74 bits per heavy atom. The lowest BCUT2D eigenvalue weighted by atomic mass is 9.65. The van der Waals surface area contributed by atoms with Crippen LogP contribution in [0.2, 0.25) is 0 Å². The van der Waals surface area contributed by atoms with Crippen molar-refractivity contribution >= 4 is 21.9 Å². The van der Waals surface area contributed by atoms with E-state index in [-0.39, 0.29) is 52.3 Å². The number of hydrogen-bond acceptors (Lipinski definition) is 7. The molecule has 1 spiro atoms. The molecule has 10 heteroatoms. The monoisotopic (exact) mass is 589 g/mol. The number of anilines is 1. The Labute approximate surface area is 248 Å². The van der Waals surface area contributed by atoms with Crippen molar-refractivity contribution < 1.29 is 17.9 Å². The van der Waals surface area contributed by atoms with Crippen molar-refractivity contribution in [1.82, 2.24) is 20.2 Å². The number of carbonyl (C=O) groups excluding carboxylic acids is 1. The van der Waals surface area contributed by atoms with Gasteiger partial charge >= 0.3 is 0 Å². The van der Waals surface area contributed by atoms with Gasteiger partial charge in [0.15, 0.2) is 0 Å². The minimum Gasteiger partial charge on any atom is -0.475 e. The molecule has 42 heavy (non-hydrogen) atoms. The van der Waals surface area contributed by atoms with Crippen LogP contribution in [0, 0.1) is 19.3 Å². The maximum Gasteiger partial charge on any atom is 0.264 e. The topological polar surface area (TPSA) is 114 Å². The summed E-state index contributed by atoms with van der Waals surface area (Å²) in [6.45, 7) is 11.7. The zero-order chi connectivity index (χ0) is 29.9. The number of nitrogens with one attached hydrogen (secondary N) is 2. The van der Waals surface area contributed by atoms with Gasteiger partial charge in [0.1, 0.15) is 6.61 Å². The molecule has 2 aromatic carbocycles. The van der Waals surface area contributed by atoms with Crippen molar-refractivity contribution in [1.29, 1.82) is 0 Å². The third-order valence-corrected chi connectivity index (χ3v) is 10.0. The Hall–Kier alpha value is -3.50. The molecule has 9 nitrogen and oxygen atoms in total. The van der Waals surface area contributed by atoms with Crippen LogP contribution in [0.3, 0.4) is 0 Å². The maximum atomic E-state index is 14.3. The number of hydrogen-bond donors (Lipinski definition) is 2. The number of aryl methyl sites for hydroxylation is 2. The van der Waals surface area contributed by atoms with Crippen molar-refractivity contribution in [2.45, 2.75) is 82.8 Å². The van der Waals surface area contributed by atoms with Crippen molar-refractivity contribution in [3.63, 3.8) is 0 Å². The summed E-state index contributed by atoms with van der Waals surface area (Å²) in [6, 6.07) is 13.7. The number of benzene rings is 2. The Morgan fingerprint density at radius 1 is 1.05 bits per heavy atom. The fourth-order valence-electron chi connectivity index (χ4n) is 6.64. The van der Waals surface area contributed by atoms with E-state index in [4.69, 9.17) is 4.74 Å². The average Bonchev–Trinajstić information content (AvgIpc) is 2.86. The molecular formula is C32H39N5O4S. The lowest BCUT2D eigenvalue weighted by molar-refractivity contribution is -0.0284. The summed E-state index contributed by atoms with van der Waals surface area (Å²) in [6.07, 6.45) is 3.55. The molecule has 1 saturated carbocycles. The number of amides is 1. The molecule has 1 aromatic heterocycles. The molecule has 2 aliphatic heterocycles. The molecule has 3 aliphatic rings. The minimum absolute atomic E-state index is 0.0193. The molecule has 6 rings (SSSR count). The fourth-order valence-corrected chi connectivity index (χ4v) is 7.63. The summed E-state index contributed by atoms with van der Waals surface area (Å²) in [5.41, 5.74) is 3.82. The van der Waals surface area contributed by atoms with Gasteiger partial charge in [-0.15, -0.1) is 0 Å². The highest BCUT2D eigenvalue weighted by atomic mass is 32.2.